The van der Waals surface area contributed by atoms with E-state index in [0.717, 1.165) is 6.08 Å². The average molecular weight is 290 g/mol. The third kappa shape index (κ3) is 3.67. The molecule has 7 N–H and O–H groups in total. The van der Waals surface area contributed by atoms with Gasteiger partial charge in [0.25, 0.3) is 0 Å². The highest BCUT2D eigenvalue weighted by Gasteiger charge is 2.42. The molecule has 1 aliphatic rings. The molecule has 5 unspecified atom stereocenters. The lowest BCUT2D eigenvalue weighted by Gasteiger charge is -2.38. The van der Waals surface area contributed by atoms with Crippen LogP contribution in [0, 0.1) is 0 Å². The SMILES string of the molecule is CC(=O)NC1C(N)C=C(C(=O)O)OC1C(O)C(O)CO. The maximum Gasteiger partial charge on any atom is 0.370 e. The Bertz CT molecular complexity index is 412. The van der Waals surface area contributed by atoms with E-state index >= 15 is 0 Å². The molecule has 1 aliphatic heterocycles. The number of rotatable bonds is 5. The van der Waals surface area contributed by atoms with E-state index in [1.54, 1.807) is 0 Å². The number of carboxylic acid groups (broad SMARTS) is 1. The molecule has 0 bridgehead atoms. The van der Waals surface area contributed by atoms with Crippen LogP contribution in [0.25, 0.3) is 0 Å². The summed E-state index contributed by atoms with van der Waals surface area (Å²) in [6, 6.07) is -1.86. The molecule has 0 aromatic rings. The van der Waals surface area contributed by atoms with Crippen molar-refractivity contribution in [2.45, 2.75) is 37.3 Å². The van der Waals surface area contributed by atoms with Crippen LogP contribution < -0.4 is 11.1 Å². The van der Waals surface area contributed by atoms with Gasteiger partial charge in [-0.25, -0.2) is 4.79 Å². The molecule has 0 aromatic heterocycles. The number of aliphatic carboxylic acids is 1. The lowest BCUT2D eigenvalue weighted by molar-refractivity contribution is -0.145. The zero-order chi connectivity index (χ0) is 15.4. The van der Waals surface area contributed by atoms with E-state index in [4.69, 9.17) is 20.7 Å². The van der Waals surface area contributed by atoms with Crippen molar-refractivity contribution < 1.29 is 34.8 Å². The second kappa shape index (κ2) is 6.66. The van der Waals surface area contributed by atoms with E-state index < -0.39 is 54.6 Å². The summed E-state index contributed by atoms with van der Waals surface area (Å²) in [6.07, 6.45) is -3.38. The number of hydrogen-bond acceptors (Lipinski definition) is 7. The quantitative estimate of drug-likeness (QED) is 0.310. The Balaban J connectivity index is 3.04. The Morgan fingerprint density at radius 2 is 2.10 bits per heavy atom. The van der Waals surface area contributed by atoms with Crippen LogP contribution in [-0.2, 0) is 14.3 Å². The smallest absolute Gasteiger partial charge is 0.370 e. The third-order valence-corrected chi connectivity index (χ3v) is 2.87. The van der Waals surface area contributed by atoms with Crippen molar-refractivity contribution in [3.63, 3.8) is 0 Å². The minimum atomic E-state index is -1.62. The van der Waals surface area contributed by atoms with Crippen molar-refractivity contribution in [3.05, 3.63) is 11.8 Å². The van der Waals surface area contributed by atoms with Gasteiger partial charge in [0.05, 0.1) is 18.7 Å². The van der Waals surface area contributed by atoms with E-state index in [9.17, 15) is 19.8 Å². The molecule has 0 aliphatic carbocycles. The second-order valence-electron chi connectivity index (χ2n) is 4.46. The van der Waals surface area contributed by atoms with Crippen LogP contribution in [0.3, 0.4) is 0 Å². The molecule has 0 fully saturated rings. The number of carboxylic acids is 1. The van der Waals surface area contributed by atoms with Crippen LogP contribution in [0.1, 0.15) is 6.92 Å². The monoisotopic (exact) mass is 290 g/mol. The standard InChI is InChI=1S/C11H18N2O7/c1-4(15)13-8-5(12)2-7(11(18)19)20-10(8)9(17)6(16)3-14/h2,5-6,8-10,14,16-17H,3,12H2,1H3,(H,13,15)(H,18,19). The normalized spacial score (nSPS) is 28.9. The first-order valence-corrected chi connectivity index (χ1v) is 5.89. The van der Waals surface area contributed by atoms with E-state index in [-0.39, 0.29) is 0 Å². The number of carbonyl (C=O) groups is 2. The Labute approximate surface area is 114 Å². The first kappa shape index (κ1) is 16.4. The molecule has 20 heavy (non-hydrogen) atoms. The Hall–Kier alpha value is -1.68. The van der Waals surface area contributed by atoms with E-state index in [2.05, 4.69) is 5.32 Å². The number of amides is 1. The van der Waals surface area contributed by atoms with Crippen molar-refractivity contribution in [1.29, 1.82) is 0 Å². The van der Waals surface area contributed by atoms with Crippen molar-refractivity contribution in [2.24, 2.45) is 5.73 Å². The fraction of sp³-hybridized carbons (Fsp3) is 0.636. The molecule has 5 atom stereocenters. The summed E-state index contributed by atoms with van der Waals surface area (Å²) < 4.78 is 5.06. The van der Waals surface area contributed by atoms with Gasteiger partial charge in [-0.1, -0.05) is 0 Å². The van der Waals surface area contributed by atoms with E-state index in [0.29, 0.717) is 0 Å². The van der Waals surface area contributed by atoms with Gasteiger partial charge in [-0.05, 0) is 6.08 Å². The highest BCUT2D eigenvalue weighted by atomic mass is 16.5. The van der Waals surface area contributed by atoms with Gasteiger partial charge >= 0.3 is 5.97 Å². The Kier molecular flexibility index (Phi) is 5.45. The summed E-state index contributed by atoms with van der Waals surface area (Å²) in [4.78, 5) is 22.0. The van der Waals surface area contributed by atoms with Crippen LogP contribution in [0.15, 0.2) is 11.8 Å². The van der Waals surface area contributed by atoms with Gasteiger partial charge in [-0.3, -0.25) is 4.79 Å². The maximum atomic E-state index is 11.1. The van der Waals surface area contributed by atoms with Gasteiger partial charge in [0.2, 0.25) is 11.7 Å². The Morgan fingerprint density at radius 1 is 1.50 bits per heavy atom. The maximum absolute atomic E-state index is 11.1. The number of ether oxygens (including phenoxy) is 1. The topological polar surface area (TPSA) is 162 Å². The van der Waals surface area contributed by atoms with Gasteiger partial charge in [-0.15, -0.1) is 0 Å². The summed E-state index contributed by atoms with van der Waals surface area (Å²) in [6.45, 7) is 0.463. The molecule has 1 heterocycles. The number of carbonyl (C=O) groups excluding carboxylic acids is 1. The molecule has 9 heteroatoms. The summed E-state index contributed by atoms with van der Waals surface area (Å²) in [5.74, 6) is -2.34. The number of aliphatic hydroxyl groups excluding tert-OH is 3. The minimum Gasteiger partial charge on any atom is -0.478 e. The fourth-order valence-electron chi connectivity index (χ4n) is 1.90. The third-order valence-electron chi connectivity index (χ3n) is 2.87. The summed E-state index contributed by atoms with van der Waals surface area (Å²) >= 11 is 0. The lowest BCUT2D eigenvalue weighted by Crippen LogP contribution is -2.62. The van der Waals surface area contributed by atoms with Crippen molar-refractivity contribution in [2.75, 3.05) is 6.61 Å². The van der Waals surface area contributed by atoms with E-state index in [1.165, 1.54) is 6.92 Å². The molecule has 9 nitrogen and oxygen atoms in total. The van der Waals surface area contributed by atoms with Gasteiger partial charge in [0, 0.05) is 6.92 Å². The molecule has 114 valence electrons. The Morgan fingerprint density at radius 3 is 2.55 bits per heavy atom. The summed E-state index contributed by atoms with van der Waals surface area (Å²) in [7, 11) is 0. The number of nitrogens with two attached hydrogens (primary N) is 1. The predicted molar refractivity (Wildman–Crippen MR) is 65.3 cm³/mol. The fourth-order valence-corrected chi connectivity index (χ4v) is 1.90. The van der Waals surface area contributed by atoms with Gasteiger partial charge < -0.3 is 36.2 Å². The summed E-state index contributed by atoms with van der Waals surface area (Å²) in [5.41, 5.74) is 5.74. The van der Waals surface area contributed by atoms with Gasteiger partial charge in [-0.2, -0.15) is 0 Å². The zero-order valence-electron chi connectivity index (χ0n) is 10.8. The van der Waals surface area contributed by atoms with Crippen LogP contribution in [0.4, 0.5) is 0 Å². The van der Waals surface area contributed by atoms with Crippen LogP contribution >= 0.6 is 0 Å². The molecule has 0 saturated carbocycles. The molecule has 0 saturated heterocycles. The van der Waals surface area contributed by atoms with Crippen molar-refractivity contribution in [3.8, 4) is 0 Å². The predicted octanol–water partition coefficient (Wildman–Crippen LogP) is -3.10. The van der Waals surface area contributed by atoms with Gasteiger partial charge in [0.1, 0.15) is 18.3 Å². The van der Waals surface area contributed by atoms with Crippen molar-refractivity contribution >= 4 is 11.9 Å². The average Bonchev–Trinajstić information content (AvgIpc) is 2.38. The second-order valence-corrected chi connectivity index (χ2v) is 4.46. The molecule has 0 spiro atoms. The molecular formula is C11H18N2O7. The molecule has 0 radical (unpaired) electrons. The molecule has 1 rings (SSSR count). The lowest BCUT2D eigenvalue weighted by atomic mass is 9.92. The molecule has 1 amide bonds. The van der Waals surface area contributed by atoms with Crippen molar-refractivity contribution in [1.82, 2.24) is 5.32 Å². The number of nitrogens with one attached hydrogen (secondary N) is 1. The van der Waals surface area contributed by atoms with Crippen LogP contribution in [0.2, 0.25) is 0 Å². The minimum absolute atomic E-state index is 0.461. The highest BCUT2D eigenvalue weighted by molar-refractivity contribution is 5.84. The summed E-state index contributed by atoms with van der Waals surface area (Å²) in [5, 5.41) is 39.5. The highest BCUT2D eigenvalue weighted by Crippen LogP contribution is 2.21. The first-order chi connectivity index (χ1) is 9.27. The first-order valence-electron chi connectivity index (χ1n) is 5.89. The van der Waals surface area contributed by atoms with Gasteiger partial charge in [0.15, 0.2) is 0 Å². The van der Waals surface area contributed by atoms with Crippen LogP contribution in [0.5, 0.6) is 0 Å². The largest absolute Gasteiger partial charge is 0.478 e. The zero-order valence-corrected chi connectivity index (χ0v) is 10.8. The number of aliphatic hydroxyl groups is 3. The molecular weight excluding hydrogens is 272 g/mol. The van der Waals surface area contributed by atoms with Crippen LogP contribution in [-0.4, -0.2) is 69.3 Å². The van der Waals surface area contributed by atoms with E-state index in [1.807, 2.05) is 0 Å². The number of hydrogen-bond donors (Lipinski definition) is 6. The molecule has 0 aromatic carbocycles.